The smallest absolute Gasteiger partial charge is 0.303 e. The molecule has 21 heavy (non-hydrogen) atoms. The first-order valence-electron chi connectivity index (χ1n) is 7.30. The molecule has 1 aromatic carbocycles. The Kier molecular flexibility index (Phi) is 5.20. The monoisotopic (exact) mass is 291 g/mol. The number of hydrogen-bond acceptors (Lipinski definition) is 3. The lowest BCUT2D eigenvalue weighted by Gasteiger charge is -2.38. The highest BCUT2D eigenvalue weighted by Crippen LogP contribution is 2.23. The van der Waals surface area contributed by atoms with Crippen LogP contribution in [0.5, 0.6) is 5.75 Å². The van der Waals surface area contributed by atoms with Crippen molar-refractivity contribution in [1.82, 2.24) is 4.90 Å². The number of likely N-dealkylation sites (tertiary alicyclic amines) is 1. The van der Waals surface area contributed by atoms with Gasteiger partial charge in [0.1, 0.15) is 5.75 Å². The maximum Gasteiger partial charge on any atom is 0.303 e. The van der Waals surface area contributed by atoms with Gasteiger partial charge in [-0.05, 0) is 25.0 Å². The fraction of sp³-hybridized carbons (Fsp3) is 0.500. The highest BCUT2D eigenvalue weighted by Gasteiger charge is 2.31. The lowest BCUT2D eigenvalue weighted by Crippen LogP contribution is -2.50. The third kappa shape index (κ3) is 4.21. The van der Waals surface area contributed by atoms with Crippen LogP contribution in [0.25, 0.3) is 0 Å². The second-order valence-electron chi connectivity index (χ2n) is 5.30. The molecule has 0 bridgehead atoms. The minimum Gasteiger partial charge on any atom is -0.494 e. The summed E-state index contributed by atoms with van der Waals surface area (Å²) in [4.78, 5) is 24.3. The number of hydrogen-bond donors (Lipinski definition) is 1. The lowest BCUT2D eigenvalue weighted by molar-refractivity contribution is -0.145. The number of para-hydroxylation sites is 1. The highest BCUT2D eigenvalue weighted by molar-refractivity contribution is 5.78. The van der Waals surface area contributed by atoms with Gasteiger partial charge in [0.15, 0.2) is 0 Å². The summed E-state index contributed by atoms with van der Waals surface area (Å²) in [5.41, 5.74) is 1.04. The van der Waals surface area contributed by atoms with Gasteiger partial charge < -0.3 is 14.7 Å². The number of aryl methyl sites for hydroxylation is 1. The molecular formula is C16H21NO4. The van der Waals surface area contributed by atoms with E-state index in [2.05, 4.69) is 0 Å². The largest absolute Gasteiger partial charge is 0.494 e. The molecule has 0 radical (unpaired) electrons. The summed E-state index contributed by atoms with van der Waals surface area (Å²) >= 11 is 0. The van der Waals surface area contributed by atoms with Crippen molar-refractivity contribution in [2.24, 2.45) is 5.92 Å². The Hall–Kier alpha value is -2.04. The zero-order valence-electron chi connectivity index (χ0n) is 12.2. The number of carboxylic acid groups (broad SMARTS) is 1. The Morgan fingerprint density at radius 3 is 2.71 bits per heavy atom. The van der Waals surface area contributed by atoms with Crippen LogP contribution in [0.15, 0.2) is 24.3 Å². The summed E-state index contributed by atoms with van der Waals surface area (Å²) in [6.07, 6.45) is 1.23. The molecule has 0 spiro atoms. The van der Waals surface area contributed by atoms with Gasteiger partial charge in [-0.3, -0.25) is 9.59 Å². The molecule has 1 amide bonds. The summed E-state index contributed by atoms with van der Waals surface area (Å²) in [5, 5.41) is 8.69. The van der Waals surface area contributed by atoms with Crippen LogP contribution in [0.4, 0.5) is 0 Å². The number of amides is 1. The van der Waals surface area contributed by atoms with Crippen LogP contribution in [0, 0.1) is 5.92 Å². The van der Waals surface area contributed by atoms with Gasteiger partial charge in [-0.2, -0.15) is 0 Å². The van der Waals surface area contributed by atoms with E-state index in [1.165, 1.54) is 0 Å². The van der Waals surface area contributed by atoms with Crippen LogP contribution >= 0.6 is 0 Å². The average molecular weight is 291 g/mol. The maximum atomic E-state index is 12.0. The van der Waals surface area contributed by atoms with Crippen molar-refractivity contribution in [2.75, 3.05) is 19.7 Å². The standard InChI is InChI=1S/C16H21NO4/c1-2-21-14-6-4-3-5-13(14)7-8-15(18)17-10-12(11-17)9-16(19)20/h3-6,12H,2,7-11H2,1H3,(H,19,20). The van der Waals surface area contributed by atoms with Crippen molar-refractivity contribution >= 4 is 11.9 Å². The van der Waals surface area contributed by atoms with E-state index in [1.807, 2.05) is 31.2 Å². The van der Waals surface area contributed by atoms with E-state index < -0.39 is 5.97 Å². The molecule has 1 N–H and O–H groups in total. The summed E-state index contributed by atoms with van der Waals surface area (Å²) in [5.74, 6) is 0.239. The Balaban J connectivity index is 1.79. The number of nitrogens with zero attached hydrogens (tertiary/aromatic N) is 1. The number of benzene rings is 1. The van der Waals surface area contributed by atoms with Gasteiger partial charge in [-0.25, -0.2) is 0 Å². The van der Waals surface area contributed by atoms with Crippen molar-refractivity contribution in [3.63, 3.8) is 0 Å². The van der Waals surface area contributed by atoms with Gasteiger partial charge in [0.05, 0.1) is 13.0 Å². The quantitative estimate of drug-likeness (QED) is 0.834. The third-order valence-electron chi connectivity index (χ3n) is 3.65. The molecule has 0 aromatic heterocycles. The predicted octanol–water partition coefficient (Wildman–Crippen LogP) is 1.95. The molecule has 114 valence electrons. The normalized spacial score (nSPS) is 14.6. The van der Waals surface area contributed by atoms with Gasteiger partial charge in [-0.1, -0.05) is 18.2 Å². The van der Waals surface area contributed by atoms with Gasteiger partial charge in [-0.15, -0.1) is 0 Å². The van der Waals surface area contributed by atoms with E-state index in [1.54, 1.807) is 4.90 Å². The molecule has 1 aromatic rings. The number of rotatable bonds is 7. The topological polar surface area (TPSA) is 66.8 Å². The van der Waals surface area contributed by atoms with Crippen molar-refractivity contribution in [1.29, 1.82) is 0 Å². The lowest BCUT2D eigenvalue weighted by atomic mass is 9.95. The number of ether oxygens (including phenoxy) is 1. The van der Waals surface area contributed by atoms with E-state index in [4.69, 9.17) is 9.84 Å². The van der Waals surface area contributed by atoms with E-state index >= 15 is 0 Å². The van der Waals surface area contributed by atoms with Crippen LogP contribution in [-0.4, -0.2) is 41.6 Å². The van der Waals surface area contributed by atoms with E-state index in [0.717, 1.165) is 11.3 Å². The highest BCUT2D eigenvalue weighted by atomic mass is 16.5. The minimum atomic E-state index is -0.794. The Morgan fingerprint density at radius 1 is 1.33 bits per heavy atom. The van der Waals surface area contributed by atoms with E-state index in [0.29, 0.717) is 32.5 Å². The van der Waals surface area contributed by atoms with Gasteiger partial charge in [0.2, 0.25) is 5.91 Å². The Bertz CT molecular complexity index is 509. The molecule has 0 unspecified atom stereocenters. The minimum absolute atomic E-state index is 0.0861. The van der Waals surface area contributed by atoms with Crippen LogP contribution in [0.2, 0.25) is 0 Å². The van der Waals surface area contributed by atoms with Crippen LogP contribution < -0.4 is 4.74 Å². The zero-order chi connectivity index (χ0) is 15.2. The van der Waals surface area contributed by atoms with Gasteiger partial charge in [0.25, 0.3) is 0 Å². The molecule has 5 heteroatoms. The predicted molar refractivity (Wildman–Crippen MR) is 78.3 cm³/mol. The van der Waals surface area contributed by atoms with E-state index in [9.17, 15) is 9.59 Å². The molecule has 2 rings (SSSR count). The number of carbonyl (C=O) groups excluding carboxylic acids is 1. The second-order valence-corrected chi connectivity index (χ2v) is 5.30. The number of aliphatic carboxylic acids is 1. The van der Waals surface area contributed by atoms with Crippen molar-refractivity contribution in [3.05, 3.63) is 29.8 Å². The van der Waals surface area contributed by atoms with Crippen molar-refractivity contribution in [2.45, 2.75) is 26.2 Å². The summed E-state index contributed by atoms with van der Waals surface area (Å²) in [7, 11) is 0. The van der Waals surface area contributed by atoms with Gasteiger partial charge >= 0.3 is 5.97 Å². The van der Waals surface area contributed by atoms with Crippen LogP contribution in [-0.2, 0) is 16.0 Å². The molecular weight excluding hydrogens is 270 g/mol. The van der Waals surface area contributed by atoms with Crippen LogP contribution in [0.1, 0.15) is 25.3 Å². The van der Waals surface area contributed by atoms with Crippen LogP contribution in [0.3, 0.4) is 0 Å². The maximum absolute atomic E-state index is 12.0. The SMILES string of the molecule is CCOc1ccccc1CCC(=O)N1CC(CC(=O)O)C1. The molecule has 1 fully saturated rings. The molecule has 1 heterocycles. The second kappa shape index (κ2) is 7.11. The zero-order valence-corrected chi connectivity index (χ0v) is 12.2. The molecule has 5 nitrogen and oxygen atoms in total. The summed E-state index contributed by atoms with van der Waals surface area (Å²) in [6.45, 7) is 3.68. The fourth-order valence-electron chi connectivity index (χ4n) is 2.56. The number of carboxylic acids is 1. The third-order valence-corrected chi connectivity index (χ3v) is 3.65. The van der Waals surface area contributed by atoms with E-state index in [-0.39, 0.29) is 18.2 Å². The summed E-state index contributed by atoms with van der Waals surface area (Å²) < 4.78 is 5.54. The van der Waals surface area contributed by atoms with Crippen molar-refractivity contribution < 1.29 is 19.4 Å². The summed E-state index contributed by atoms with van der Waals surface area (Å²) in [6, 6.07) is 7.74. The molecule has 1 aliphatic heterocycles. The molecule has 0 aliphatic carbocycles. The average Bonchev–Trinajstić information content (AvgIpc) is 2.41. The van der Waals surface area contributed by atoms with Crippen molar-refractivity contribution in [3.8, 4) is 5.75 Å². The Morgan fingerprint density at radius 2 is 2.05 bits per heavy atom. The first-order valence-corrected chi connectivity index (χ1v) is 7.30. The number of carbonyl (C=O) groups is 2. The molecule has 1 aliphatic rings. The fourth-order valence-corrected chi connectivity index (χ4v) is 2.56. The molecule has 1 saturated heterocycles. The van der Waals surface area contributed by atoms with Gasteiger partial charge in [0, 0.05) is 25.4 Å². The Labute approximate surface area is 124 Å². The molecule has 0 saturated carbocycles. The first-order chi connectivity index (χ1) is 10.1. The molecule has 0 atom stereocenters. The first kappa shape index (κ1) is 15.4.